The lowest BCUT2D eigenvalue weighted by Crippen LogP contribution is -1.86. The fraction of sp³-hybridized carbons (Fsp3) is 0.111. The second-order valence-electron chi connectivity index (χ2n) is 2.79. The van der Waals surface area contributed by atoms with Crippen LogP contribution < -0.4 is 0 Å². The minimum Gasteiger partial charge on any atom is -0.348 e. The molecule has 2 rings (SSSR count). The average molecular weight is 175 g/mol. The molecule has 0 unspecified atom stereocenters. The number of fused-ring (bicyclic) bond motifs is 1. The Morgan fingerprint density at radius 2 is 2.38 bits per heavy atom. The topological polar surface area (TPSA) is 41.6 Å². The molecule has 0 amide bonds. The number of hydrogen-bond acceptors (Lipinski definition) is 2. The van der Waals surface area contributed by atoms with Gasteiger partial charge in [0.2, 0.25) is 0 Å². The van der Waals surface area contributed by atoms with E-state index in [0.717, 1.165) is 6.20 Å². The monoisotopic (exact) mass is 175 g/mol. The number of halogens is 1. The highest BCUT2D eigenvalue weighted by atomic mass is 19.1. The van der Waals surface area contributed by atoms with Crippen LogP contribution in [0.4, 0.5) is 4.39 Å². The van der Waals surface area contributed by atoms with Crippen molar-refractivity contribution in [2.45, 2.75) is 0 Å². The van der Waals surface area contributed by atoms with E-state index in [2.05, 4.69) is 4.98 Å². The van der Waals surface area contributed by atoms with Crippen LogP contribution in [0.1, 0.15) is 5.56 Å². The molecule has 0 aromatic carbocycles. The predicted molar refractivity (Wildman–Crippen MR) is 45.4 cm³/mol. The lowest BCUT2D eigenvalue weighted by Gasteiger charge is -1.93. The Balaban J connectivity index is 2.90. The Kier molecular flexibility index (Phi) is 1.52. The van der Waals surface area contributed by atoms with Crippen molar-refractivity contribution in [3.05, 3.63) is 29.8 Å². The molecule has 0 spiro atoms. The maximum absolute atomic E-state index is 12.8. The van der Waals surface area contributed by atoms with Crippen molar-refractivity contribution in [1.82, 2.24) is 9.55 Å². The van der Waals surface area contributed by atoms with E-state index in [9.17, 15) is 4.39 Å². The summed E-state index contributed by atoms with van der Waals surface area (Å²) >= 11 is 0. The molecule has 0 radical (unpaired) electrons. The van der Waals surface area contributed by atoms with Crippen LogP contribution >= 0.6 is 0 Å². The number of nitriles is 1. The first-order chi connectivity index (χ1) is 6.22. The molecule has 64 valence electrons. The highest BCUT2D eigenvalue weighted by Gasteiger charge is 2.07. The van der Waals surface area contributed by atoms with Crippen LogP contribution in [0, 0.1) is 17.1 Å². The van der Waals surface area contributed by atoms with Gasteiger partial charge in [-0.3, -0.25) is 4.98 Å². The molecule has 3 nitrogen and oxygen atoms in total. The van der Waals surface area contributed by atoms with Crippen LogP contribution in [-0.2, 0) is 7.05 Å². The van der Waals surface area contributed by atoms with Crippen LogP contribution in [0.5, 0.6) is 0 Å². The van der Waals surface area contributed by atoms with E-state index in [1.807, 2.05) is 6.07 Å². The van der Waals surface area contributed by atoms with Crippen LogP contribution in [0.3, 0.4) is 0 Å². The molecule has 13 heavy (non-hydrogen) atoms. The van der Waals surface area contributed by atoms with Gasteiger partial charge in [-0.25, -0.2) is 4.39 Å². The predicted octanol–water partition coefficient (Wildman–Crippen LogP) is 1.58. The van der Waals surface area contributed by atoms with Crippen molar-refractivity contribution in [3.8, 4) is 6.07 Å². The second-order valence-corrected chi connectivity index (χ2v) is 2.79. The van der Waals surface area contributed by atoms with Crippen molar-refractivity contribution in [1.29, 1.82) is 5.26 Å². The van der Waals surface area contributed by atoms with Crippen molar-refractivity contribution in [3.63, 3.8) is 0 Å². The van der Waals surface area contributed by atoms with Crippen LogP contribution in [0.2, 0.25) is 0 Å². The zero-order chi connectivity index (χ0) is 9.42. The molecule has 0 fully saturated rings. The lowest BCUT2D eigenvalue weighted by atomic mass is 10.3. The Morgan fingerprint density at radius 3 is 3.08 bits per heavy atom. The van der Waals surface area contributed by atoms with Gasteiger partial charge in [0, 0.05) is 19.3 Å². The molecular formula is C9H6FN3. The van der Waals surface area contributed by atoms with Gasteiger partial charge in [0.05, 0.1) is 17.3 Å². The summed E-state index contributed by atoms with van der Waals surface area (Å²) in [6.07, 6.45) is 2.75. The van der Waals surface area contributed by atoms with Gasteiger partial charge in [-0.1, -0.05) is 0 Å². The number of aromatic nitrogens is 2. The summed E-state index contributed by atoms with van der Waals surface area (Å²) in [7, 11) is 1.75. The van der Waals surface area contributed by atoms with Gasteiger partial charge >= 0.3 is 0 Å². The minimum atomic E-state index is -0.391. The van der Waals surface area contributed by atoms with Crippen molar-refractivity contribution in [2.24, 2.45) is 7.05 Å². The van der Waals surface area contributed by atoms with Gasteiger partial charge in [-0.05, 0) is 0 Å². The number of nitrogens with zero attached hydrogens (tertiary/aromatic N) is 3. The highest BCUT2D eigenvalue weighted by molar-refractivity contribution is 5.82. The summed E-state index contributed by atoms with van der Waals surface area (Å²) in [5.41, 5.74) is 1.65. The quantitative estimate of drug-likeness (QED) is 0.610. The van der Waals surface area contributed by atoms with Gasteiger partial charge in [0.25, 0.3) is 0 Å². The molecule has 0 aliphatic carbocycles. The lowest BCUT2D eigenvalue weighted by molar-refractivity contribution is 0.623. The number of hydrogen-bond donors (Lipinski definition) is 0. The molecular weight excluding hydrogens is 169 g/mol. The van der Waals surface area contributed by atoms with Crippen LogP contribution in [-0.4, -0.2) is 9.55 Å². The van der Waals surface area contributed by atoms with E-state index in [1.54, 1.807) is 17.8 Å². The molecule has 0 atom stereocenters. The number of pyridine rings is 1. The summed E-state index contributed by atoms with van der Waals surface area (Å²) in [6.45, 7) is 0. The molecule has 0 aliphatic heterocycles. The first-order valence-corrected chi connectivity index (χ1v) is 3.73. The van der Waals surface area contributed by atoms with E-state index >= 15 is 0 Å². The third-order valence-electron chi connectivity index (χ3n) is 1.91. The summed E-state index contributed by atoms with van der Waals surface area (Å²) < 4.78 is 14.5. The molecule has 2 heterocycles. The van der Waals surface area contributed by atoms with E-state index in [0.29, 0.717) is 16.6 Å². The molecule has 0 bridgehead atoms. The molecule has 2 aromatic rings. The molecule has 0 saturated carbocycles. The summed E-state index contributed by atoms with van der Waals surface area (Å²) in [5, 5.41) is 8.72. The standard InChI is InChI=1S/C9H6FN3/c1-13-5-6(3-11)9-8(13)2-7(10)4-12-9/h2,4-5H,1H3. The SMILES string of the molecule is Cn1cc(C#N)c2ncc(F)cc21. The highest BCUT2D eigenvalue weighted by Crippen LogP contribution is 2.17. The fourth-order valence-corrected chi connectivity index (χ4v) is 1.31. The van der Waals surface area contributed by atoms with Gasteiger partial charge in [-0.2, -0.15) is 5.26 Å². The maximum Gasteiger partial charge on any atom is 0.143 e. The van der Waals surface area contributed by atoms with Crippen LogP contribution in [0.15, 0.2) is 18.5 Å². The molecule has 0 saturated heterocycles. The van der Waals surface area contributed by atoms with E-state index in [4.69, 9.17) is 5.26 Å². The van der Waals surface area contributed by atoms with Gasteiger partial charge in [0.1, 0.15) is 17.4 Å². The third kappa shape index (κ3) is 1.05. The minimum absolute atomic E-state index is 0.391. The van der Waals surface area contributed by atoms with Gasteiger partial charge in [0.15, 0.2) is 0 Å². The maximum atomic E-state index is 12.8. The van der Waals surface area contributed by atoms with Crippen LogP contribution in [0.25, 0.3) is 11.0 Å². The Labute approximate surface area is 74.0 Å². The smallest absolute Gasteiger partial charge is 0.143 e. The number of rotatable bonds is 0. The summed E-state index contributed by atoms with van der Waals surface area (Å²) in [6, 6.07) is 3.37. The third-order valence-corrected chi connectivity index (χ3v) is 1.91. The molecule has 0 N–H and O–H groups in total. The van der Waals surface area contributed by atoms with Crippen molar-refractivity contribution in [2.75, 3.05) is 0 Å². The normalized spacial score (nSPS) is 10.2. The molecule has 0 aliphatic rings. The van der Waals surface area contributed by atoms with E-state index < -0.39 is 5.82 Å². The Bertz CT molecular complexity index is 507. The summed E-state index contributed by atoms with van der Waals surface area (Å²) in [5.74, 6) is -0.391. The molecule has 2 aromatic heterocycles. The summed E-state index contributed by atoms with van der Waals surface area (Å²) in [4.78, 5) is 3.85. The van der Waals surface area contributed by atoms with Gasteiger partial charge < -0.3 is 4.57 Å². The first-order valence-electron chi connectivity index (χ1n) is 3.73. The first kappa shape index (κ1) is 7.74. The zero-order valence-corrected chi connectivity index (χ0v) is 6.95. The Morgan fingerprint density at radius 1 is 1.62 bits per heavy atom. The second kappa shape index (κ2) is 2.56. The number of aryl methyl sites for hydroxylation is 1. The zero-order valence-electron chi connectivity index (χ0n) is 6.95. The van der Waals surface area contributed by atoms with Gasteiger partial charge in [-0.15, -0.1) is 0 Å². The van der Waals surface area contributed by atoms with Crippen molar-refractivity contribution < 1.29 is 4.39 Å². The van der Waals surface area contributed by atoms with E-state index in [-0.39, 0.29) is 0 Å². The Hall–Kier alpha value is -1.89. The molecule has 4 heteroatoms. The fourth-order valence-electron chi connectivity index (χ4n) is 1.31. The van der Waals surface area contributed by atoms with Crippen molar-refractivity contribution >= 4 is 11.0 Å². The van der Waals surface area contributed by atoms with E-state index in [1.165, 1.54) is 6.07 Å². The largest absolute Gasteiger partial charge is 0.348 e. The average Bonchev–Trinajstić information content (AvgIpc) is 2.43.